The van der Waals surface area contributed by atoms with Gasteiger partial charge < -0.3 is 9.88 Å². The molecule has 1 amide bonds. The molecule has 0 radical (unpaired) electrons. The van der Waals surface area contributed by atoms with Crippen LogP contribution in [0.15, 0.2) is 48.5 Å². The fourth-order valence-electron chi connectivity index (χ4n) is 3.68. The van der Waals surface area contributed by atoms with Gasteiger partial charge in [0.15, 0.2) is 0 Å². The highest BCUT2D eigenvalue weighted by Gasteiger charge is 2.23. The zero-order valence-corrected chi connectivity index (χ0v) is 13.6. The second-order valence-corrected chi connectivity index (χ2v) is 6.38. The van der Waals surface area contributed by atoms with Crippen molar-refractivity contribution in [3.63, 3.8) is 0 Å². The molecule has 1 aliphatic rings. The normalized spacial score (nSPS) is 16.8. The molecular weight excluding hydrogens is 303 g/mol. The molecule has 0 fully saturated rings. The van der Waals surface area contributed by atoms with Gasteiger partial charge in [-0.25, -0.2) is 4.39 Å². The number of nitrogens with one attached hydrogen (secondary N) is 1. The van der Waals surface area contributed by atoms with Crippen LogP contribution in [0.25, 0.3) is 10.9 Å². The highest BCUT2D eigenvalue weighted by atomic mass is 19.1. The van der Waals surface area contributed by atoms with Crippen molar-refractivity contribution in [3.8, 4) is 0 Å². The van der Waals surface area contributed by atoms with Gasteiger partial charge in [0.2, 0.25) is 0 Å². The van der Waals surface area contributed by atoms with E-state index in [1.165, 1.54) is 17.2 Å². The quantitative estimate of drug-likeness (QED) is 0.756. The Morgan fingerprint density at radius 3 is 2.88 bits per heavy atom. The molecule has 0 aliphatic heterocycles. The van der Waals surface area contributed by atoms with E-state index in [0.29, 0.717) is 11.1 Å². The monoisotopic (exact) mass is 322 g/mol. The number of amides is 1. The van der Waals surface area contributed by atoms with Gasteiger partial charge in [0.25, 0.3) is 5.91 Å². The Hall–Kier alpha value is -2.62. The van der Waals surface area contributed by atoms with Crippen molar-refractivity contribution < 1.29 is 9.18 Å². The third kappa shape index (κ3) is 2.39. The van der Waals surface area contributed by atoms with E-state index in [0.717, 1.165) is 24.8 Å². The number of rotatable bonds is 2. The molecule has 4 rings (SSSR count). The van der Waals surface area contributed by atoms with Gasteiger partial charge in [0.1, 0.15) is 11.5 Å². The average molecular weight is 322 g/mol. The molecule has 0 spiro atoms. The van der Waals surface area contributed by atoms with E-state index in [4.69, 9.17) is 0 Å². The van der Waals surface area contributed by atoms with E-state index < -0.39 is 0 Å². The Kier molecular flexibility index (Phi) is 3.60. The van der Waals surface area contributed by atoms with Gasteiger partial charge in [-0.2, -0.15) is 0 Å². The molecule has 1 aliphatic carbocycles. The molecule has 1 aromatic heterocycles. The highest BCUT2D eigenvalue weighted by molar-refractivity contribution is 5.99. The lowest BCUT2D eigenvalue weighted by Gasteiger charge is -2.26. The number of fused-ring (bicyclic) bond motifs is 2. The lowest BCUT2D eigenvalue weighted by molar-refractivity contribution is 0.0925. The number of carbonyl (C=O) groups is 1. The van der Waals surface area contributed by atoms with Crippen LogP contribution in [-0.4, -0.2) is 10.5 Å². The summed E-state index contributed by atoms with van der Waals surface area (Å²) >= 11 is 0. The van der Waals surface area contributed by atoms with Crippen molar-refractivity contribution in [2.75, 3.05) is 0 Å². The number of carbonyl (C=O) groups excluding carboxylic acids is 1. The van der Waals surface area contributed by atoms with Crippen molar-refractivity contribution in [2.45, 2.75) is 25.3 Å². The SMILES string of the molecule is Cn1c(C(=O)NC2CCCc3ccccc32)cc2c(F)cccc21. The third-order valence-electron chi connectivity index (χ3n) is 4.94. The lowest BCUT2D eigenvalue weighted by atomic mass is 9.87. The predicted molar refractivity (Wildman–Crippen MR) is 92.5 cm³/mol. The van der Waals surface area contributed by atoms with E-state index in [9.17, 15) is 9.18 Å². The molecule has 1 N–H and O–H groups in total. The van der Waals surface area contributed by atoms with Gasteiger partial charge in [0.05, 0.1) is 11.6 Å². The minimum Gasteiger partial charge on any atom is -0.344 e. The largest absolute Gasteiger partial charge is 0.344 e. The molecule has 24 heavy (non-hydrogen) atoms. The second kappa shape index (κ2) is 5.78. The minimum atomic E-state index is -0.301. The molecule has 4 heteroatoms. The Morgan fingerprint density at radius 1 is 1.21 bits per heavy atom. The summed E-state index contributed by atoms with van der Waals surface area (Å²) in [6, 6.07) is 14.8. The molecule has 1 heterocycles. The number of hydrogen-bond acceptors (Lipinski definition) is 1. The van der Waals surface area contributed by atoms with Crippen LogP contribution in [0.1, 0.15) is 40.5 Å². The van der Waals surface area contributed by atoms with Crippen LogP contribution in [0, 0.1) is 5.82 Å². The summed E-state index contributed by atoms with van der Waals surface area (Å²) in [6.45, 7) is 0. The first-order chi connectivity index (χ1) is 11.6. The van der Waals surface area contributed by atoms with Crippen LogP contribution < -0.4 is 5.32 Å². The number of hydrogen-bond donors (Lipinski definition) is 1. The van der Waals surface area contributed by atoms with Crippen molar-refractivity contribution in [2.24, 2.45) is 7.05 Å². The molecule has 3 aromatic rings. The summed E-state index contributed by atoms with van der Waals surface area (Å²) in [5, 5.41) is 3.61. The summed E-state index contributed by atoms with van der Waals surface area (Å²) in [7, 11) is 1.80. The Bertz CT molecular complexity index is 929. The molecule has 122 valence electrons. The minimum absolute atomic E-state index is 0.0188. The molecule has 1 unspecified atom stereocenters. The standard InChI is InChI=1S/C20H19FN2O/c1-23-18-11-5-9-16(21)15(18)12-19(23)20(24)22-17-10-4-7-13-6-2-3-8-14(13)17/h2-3,5-6,8-9,11-12,17H,4,7,10H2,1H3,(H,22,24). The smallest absolute Gasteiger partial charge is 0.268 e. The Labute approximate surface area is 140 Å². The van der Waals surface area contributed by atoms with E-state index in [2.05, 4.69) is 17.4 Å². The van der Waals surface area contributed by atoms with E-state index in [1.54, 1.807) is 23.7 Å². The van der Waals surface area contributed by atoms with E-state index >= 15 is 0 Å². The Morgan fingerprint density at radius 2 is 2.04 bits per heavy atom. The van der Waals surface area contributed by atoms with Crippen molar-refractivity contribution in [1.82, 2.24) is 9.88 Å². The van der Waals surface area contributed by atoms with Crippen LogP contribution in [0.3, 0.4) is 0 Å². The van der Waals surface area contributed by atoms with Crippen molar-refractivity contribution in [1.29, 1.82) is 0 Å². The lowest BCUT2D eigenvalue weighted by Crippen LogP contribution is -2.32. The number of aromatic nitrogens is 1. The highest BCUT2D eigenvalue weighted by Crippen LogP contribution is 2.30. The first-order valence-corrected chi connectivity index (χ1v) is 8.28. The summed E-state index contributed by atoms with van der Waals surface area (Å²) in [4.78, 5) is 12.8. The number of nitrogens with zero attached hydrogens (tertiary/aromatic N) is 1. The molecule has 0 saturated heterocycles. The topological polar surface area (TPSA) is 34.0 Å². The fourth-order valence-corrected chi connectivity index (χ4v) is 3.68. The predicted octanol–water partition coefficient (Wildman–Crippen LogP) is 4.12. The maximum Gasteiger partial charge on any atom is 0.268 e. The van der Waals surface area contributed by atoms with Gasteiger partial charge in [0, 0.05) is 12.4 Å². The summed E-state index contributed by atoms with van der Waals surface area (Å²) in [6.07, 6.45) is 3.05. The van der Waals surface area contributed by atoms with Crippen LogP contribution in [0.4, 0.5) is 4.39 Å². The maximum atomic E-state index is 14.0. The van der Waals surface area contributed by atoms with E-state index in [1.807, 2.05) is 18.2 Å². The first kappa shape index (κ1) is 14.9. The second-order valence-electron chi connectivity index (χ2n) is 6.38. The average Bonchev–Trinajstić information content (AvgIpc) is 2.94. The molecule has 2 aromatic carbocycles. The number of benzene rings is 2. The molecule has 0 bridgehead atoms. The molecule has 1 atom stereocenters. The fraction of sp³-hybridized carbons (Fsp3) is 0.250. The van der Waals surface area contributed by atoms with Crippen LogP contribution in [0.2, 0.25) is 0 Å². The maximum absolute atomic E-state index is 14.0. The van der Waals surface area contributed by atoms with Crippen molar-refractivity contribution in [3.05, 3.63) is 71.2 Å². The first-order valence-electron chi connectivity index (χ1n) is 8.28. The van der Waals surface area contributed by atoms with Gasteiger partial charge in [-0.1, -0.05) is 30.3 Å². The van der Waals surface area contributed by atoms with Crippen molar-refractivity contribution >= 4 is 16.8 Å². The molecule has 0 saturated carbocycles. The zero-order chi connectivity index (χ0) is 16.7. The van der Waals surface area contributed by atoms with Gasteiger partial charge in [-0.3, -0.25) is 4.79 Å². The number of aryl methyl sites for hydroxylation is 2. The van der Waals surface area contributed by atoms with Crippen LogP contribution in [0.5, 0.6) is 0 Å². The van der Waals surface area contributed by atoms with Crippen LogP contribution in [-0.2, 0) is 13.5 Å². The zero-order valence-electron chi connectivity index (χ0n) is 13.6. The van der Waals surface area contributed by atoms with E-state index in [-0.39, 0.29) is 17.8 Å². The summed E-state index contributed by atoms with van der Waals surface area (Å²) in [5.74, 6) is -0.458. The summed E-state index contributed by atoms with van der Waals surface area (Å²) < 4.78 is 15.7. The number of halogens is 1. The Balaban J connectivity index is 1.66. The van der Waals surface area contributed by atoms with Gasteiger partial charge in [-0.15, -0.1) is 0 Å². The molecule has 3 nitrogen and oxygen atoms in total. The third-order valence-corrected chi connectivity index (χ3v) is 4.94. The van der Waals surface area contributed by atoms with Crippen LogP contribution >= 0.6 is 0 Å². The van der Waals surface area contributed by atoms with Gasteiger partial charge >= 0.3 is 0 Å². The van der Waals surface area contributed by atoms with Gasteiger partial charge in [-0.05, 0) is 48.6 Å². The molecular formula is C20H19FN2O. The summed E-state index contributed by atoms with van der Waals surface area (Å²) in [5.41, 5.74) is 3.71.